The number of hydrogen-bond acceptors (Lipinski definition) is 6. The third-order valence-electron chi connectivity index (χ3n) is 23.8. The van der Waals surface area contributed by atoms with Crippen molar-refractivity contribution in [1.82, 2.24) is 38.2 Å². The molecule has 0 saturated heterocycles. The second kappa shape index (κ2) is 24.2. The van der Waals surface area contributed by atoms with Crippen molar-refractivity contribution in [1.29, 1.82) is 0 Å². The molecular weight excluding hydrogens is 1410 g/mol. The summed E-state index contributed by atoms with van der Waals surface area (Å²) in [5.74, 6) is 3.07. The number of benzene rings is 18. The second-order valence-corrected chi connectivity index (χ2v) is 30.9. The van der Waals surface area contributed by atoms with Gasteiger partial charge in [0.25, 0.3) is 0 Å². The summed E-state index contributed by atoms with van der Waals surface area (Å²) >= 11 is 1.81. The van der Waals surface area contributed by atoms with Gasteiger partial charge in [-0.3, -0.25) is 9.13 Å². The first-order chi connectivity index (χ1) is 56.6. The van der Waals surface area contributed by atoms with Gasteiger partial charge in [0.15, 0.2) is 11.6 Å². The minimum atomic E-state index is 0.626. The molecule has 0 unspecified atom stereocenters. The molecule has 0 aliphatic heterocycles. The maximum absolute atomic E-state index is 6.50. The minimum absolute atomic E-state index is 0.626. The lowest BCUT2D eigenvalue weighted by Crippen LogP contribution is -2.03. The third-order valence-corrected chi connectivity index (χ3v) is 25.0. The van der Waals surface area contributed by atoms with Crippen LogP contribution in [0.15, 0.2) is 368 Å². The van der Waals surface area contributed by atoms with Gasteiger partial charge in [-0.15, -0.1) is 11.3 Å². The Morgan fingerprint density at radius 2 is 0.632 bits per heavy atom. The molecule has 0 spiro atoms. The van der Waals surface area contributed by atoms with Crippen molar-refractivity contribution in [2.45, 2.75) is 0 Å². The van der Waals surface area contributed by atoms with Crippen LogP contribution in [0.4, 0.5) is 0 Å². The van der Waals surface area contributed by atoms with E-state index in [1.807, 2.05) is 35.6 Å². The normalized spacial score (nSPS) is 12.2. The summed E-state index contributed by atoms with van der Waals surface area (Å²) < 4.78 is 18.6. The predicted octanol–water partition coefficient (Wildman–Crippen LogP) is 27.9. The van der Waals surface area contributed by atoms with Crippen LogP contribution >= 0.6 is 11.3 Å². The van der Waals surface area contributed by atoms with E-state index in [-0.39, 0.29) is 0 Å². The van der Waals surface area contributed by atoms with Gasteiger partial charge in [0.05, 0.1) is 72.1 Å². The number of hydrogen-bond donors (Lipinski definition) is 0. The molecular formula is C104H60N8OS. The summed E-state index contributed by atoms with van der Waals surface area (Å²) in [6, 6.07) is 131. The zero-order valence-corrected chi connectivity index (χ0v) is 61.9. The highest BCUT2D eigenvalue weighted by molar-refractivity contribution is 7.26. The Hall–Kier alpha value is -15.1. The molecule has 26 rings (SSSR count). The van der Waals surface area contributed by atoms with E-state index in [9.17, 15) is 0 Å². The third kappa shape index (κ3) is 9.10. The average Bonchev–Trinajstić information content (AvgIpc) is 1.56. The molecule has 8 aromatic heterocycles. The Balaban J connectivity index is 0.000000129. The molecule has 0 fully saturated rings. The van der Waals surface area contributed by atoms with Crippen molar-refractivity contribution in [3.63, 3.8) is 0 Å². The number of fused-ring (bicyclic) bond motifs is 26. The van der Waals surface area contributed by atoms with E-state index in [2.05, 4.69) is 358 Å². The zero-order valence-electron chi connectivity index (χ0n) is 61.0. The molecule has 0 saturated carbocycles. The molecule has 0 aliphatic carbocycles. The lowest BCUT2D eigenvalue weighted by atomic mass is 10.0. The van der Waals surface area contributed by atoms with Crippen LogP contribution in [0.5, 0.6) is 0 Å². The van der Waals surface area contributed by atoms with E-state index >= 15 is 0 Å². The molecule has 528 valence electrons. The first kappa shape index (κ1) is 62.8. The van der Waals surface area contributed by atoms with Gasteiger partial charge in [0.2, 0.25) is 0 Å². The van der Waals surface area contributed by atoms with E-state index in [0.29, 0.717) is 5.82 Å². The molecule has 8 heterocycles. The van der Waals surface area contributed by atoms with Crippen LogP contribution in [0, 0.1) is 0 Å². The van der Waals surface area contributed by atoms with Crippen LogP contribution in [0.1, 0.15) is 0 Å². The molecule has 0 atom stereocenters. The van der Waals surface area contributed by atoms with Gasteiger partial charge in [-0.2, -0.15) is 0 Å². The maximum Gasteiger partial charge on any atom is 0.165 e. The van der Waals surface area contributed by atoms with Gasteiger partial charge in [0, 0.05) is 101 Å². The Kier molecular flexibility index (Phi) is 13.3. The first-order valence-electron chi connectivity index (χ1n) is 38.7. The van der Waals surface area contributed by atoms with Crippen molar-refractivity contribution in [3.8, 4) is 45.8 Å². The average molecular weight is 1470 g/mol. The van der Waals surface area contributed by atoms with Gasteiger partial charge < -0.3 is 13.6 Å². The molecule has 9 nitrogen and oxygen atoms in total. The summed E-state index contributed by atoms with van der Waals surface area (Å²) in [4.78, 5) is 21.4. The fourth-order valence-corrected chi connectivity index (χ4v) is 20.1. The maximum atomic E-state index is 6.50. The number of para-hydroxylation sites is 8. The fraction of sp³-hybridized carbons (Fsp3) is 0. The van der Waals surface area contributed by atoms with E-state index < -0.39 is 0 Å². The Labute approximate surface area is 653 Å². The minimum Gasteiger partial charge on any atom is -0.455 e. The summed E-state index contributed by atoms with van der Waals surface area (Å²) in [7, 11) is 0. The van der Waals surface area contributed by atoms with E-state index in [0.717, 1.165) is 105 Å². The lowest BCUT2D eigenvalue weighted by molar-refractivity contribution is 0.669. The molecule has 0 bridgehead atoms. The molecule has 0 amide bonds. The summed E-state index contributed by atoms with van der Waals surface area (Å²) in [6.45, 7) is 0. The van der Waals surface area contributed by atoms with Crippen LogP contribution in [0.25, 0.3) is 240 Å². The molecule has 114 heavy (non-hydrogen) atoms. The number of thiophene rings is 1. The first-order valence-corrected chi connectivity index (χ1v) is 39.5. The topological polar surface area (TPSA) is 84.4 Å². The van der Waals surface area contributed by atoms with Gasteiger partial charge in [-0.05, 0) is 154 Å². The van der Waals surface area contributed by atoms with Gasteiger partial charge in [0.1, 0.15) is 22.8 Å². The van der Waals surface area contributed by atoms with Gasteiger partial charge >= 0.3 is 0 Å². The fourth-order valence-electron chi connectivity index (χ4n) is 18.8. The highest BCUT2D eigenvalue weighted by Gasteiger charge is 2.26. The van der Waals surface area contributed by atoms with Crippen molar-refractivity contribution >= 4 is 206 Å². The Morgan fingerprint density at radius 1 is 0.228 bits per heavy atom. The van der Waals surface area contributed by atoms with Crippen molar-refractivity contribution in [3.05, 3.63) is 364 Å². The van der Waals surface area contributed by atoms with E-state index in [4.69, 9.17) is 24.4 Å². The van der Waals surface area contributed by atoms with Crippen LogP contribution in [-0.2, 0) is 0 Å². The van der Waals surface area contributed by atoms with Crippen LogP contribution in [-0.4, -0.2) is 38.2 Å². The highest BCUT2D eigenvalue weighted by Crippen LogP contribution is 2.47. The number of aromatic nitrogens is 8. The number of furan rings is 1. The molecule has 0 aliphatic rings. The summed E-state index contributed by atoms with van der Waals surface area (Å²) in [5.41, 5.74) is 16.9. The zero-order chi connectivity index (χ0) is 74.4. The molecule has 10 heteroatoms. The van der Waals surface area contributed by atoms with Crippen LogP contribution in [0.3, 0.4) is 0 Å². The highest BCUT2D eigenvalue weighted by atomic mass is 32.1. The Morgan fingerprint density at radius 3 is 1.18 bits per heavy atom. The van der Waals surface area contributed by atoms with E-state index in [1.54, 1.807) is 0 Å². The summed E-state index contributed by atoms with van der Waals surface area (Å²) in [5, 5.41) is 26.2. The van der Waals surface area contributed by atoms with Crippen LogP contribution < -0.4 is 0 Å². The smallest absolute Gasteiger partial charge is 0.165 e. The monoisotopic (exact) mass is 1470 g/mol. The number of nitrogens with zero attached hydrogens (tertiary/aromatic N) is 8. The predicted molar refractivity (Wildman–Crippen MR) is 477 cm³/mol. The summed E-state index contributed by atoms with van der Waals surface area (Å²) in [6.07, 6.45) is 0. The quantitative estimate of drug-likeness (QED) is 0.166. The van der Waals surface area contributed by atoms with E-state index in [1.165, 1.54) is 129 Å². The lowest BCUT2D eigenvalue weighted by Gasteiger charge is -2.14. The molecule has 26 aromatic rings. The van der Waals surface area contributed by atoms with Crippen LogP contribution in [0.2, 0.25) is 0 Å². The standard InChI is InChI=1S/C52H30N4O.C52H30N4S/c2*1-2-15-33-31(13-1)27-28-46-49(33)38-19-5-9-24-44(38)55(46)45-25-11-14-32-29-47-41(30-40(32)45)34-16-4-8-23-43(34)56(47)52-37-18-3-7-22-42(37)53-51(54-52)39-21-12-20-36-35-17-6-10-26-48(35)57-50(36)39/h2*1-30H. The van der Waals surface area contributed by atoms with Gasteiger partial charge in [-0.1, -0.05) is 243 Å². The van der Waals surface area contributed by atoms with Crippen molar-refractivity contribution in [2.24, 2.45) is 0 Å². The van der Waals surface area contributed by atoms with Crippen molar-refractivity contribution < 1.29 is 4.42 Å². The number of rotatable bonds is 6. The Bertz CT molecular complexity index is 8160. The van der Waals surface area contributed by atoms with Gasteiger partial charge in [-0.25, -0.2) is 19.9 Å². The molecule has 18 aromatic carbocycles. The SMILES string of the molecule is c1cc(-n2c3ccccc3c3c4ccccc4ccc32)c2cc3c4ccccc4n(-c4nc(-c5cccc6c5oc5ccccc56)nc5ccccc45)c3cc2c1.c1cc(-n2c3ccccc3c3c4ccccc4ccc32)c2cc3c4ccccc4n(-c4nc(-c5cccc6c5sc5ccccc56)nc5ccccc45)c3cc2c1. The largest absolute Gasteiger partial charge is 0.455 e. The molecule has 0 N–H and O–H groups in total. The van der Waals surface area contributed by atoms with Crippen molar-refractivity contribution in [2.75, 3.05) is 0 Å². The molecule has 0 radical (unpaired) electrons. The second-order valence-electron chi connectivity index (χ2n) is 29.8.